The van der Waals surface area contributed by atoms with E-state index < -0.39 is 5.92 Å². The van der Waals surface area contributed by atoms with Gasteiger partial charge in [0.2, 0.25) is 0 Å². The van der Waals surface area contributed by atoms with Crippen molar-refractivity contribution in [2.75, 3.05) is 77.5 Å². The van der Waals surface area contributed by atoms with Crippen molar-refractivity contribution in [1.82, 2.24) is 14.7 Å². The number of carbonyl (C=O) groups is 1. The van der Waals surface area contributed by atoms with E-state index in [0.29, 0.717) is 36.3 Å². The van der Waals surface area contributed by atoms with Gasteiger partial charge >= 0.3 is 5.97 Å². The molecule has 1 saturated carbocycles. The summed E-state index contributed by atoms with van der Waals surface area (Å²) in [6, 6.07) is 15.4. The minimum absolute atomic E-state index is 0.142. The van der Waals surface area contributed by atoms with Crippen molar-refractivity contribution in [3.63, 3.8) is 0 Å². The molecule has 1 aliphatic carbocycles. The minimum atomic E-state index is -2.62. The molecule has 10 heteroatoms. The van der Waals surface area contributed by atoms with Crippen LogP contribution in [0.2, 0.25) is 0 Å². The van der Waals surface area contributed by atoms with Gasteiger partial charge in [-0.05, 0) is 117 Å². The third kappa shape index (κ3) is 7.22. The molecule has 2 aromatic rings. The van der Waals surface area contributed by atoms with Crippen LogP contribution >= 0.6 is 0 Å². The summed E-state index contributed by atoms with van der Waals surface area (Å²) >= 11 is 0. The van der Waals surface area contributed by atoms with Crippen molar-refractivity contribution < 1.29 is 22.7 Å². The van der Waals surface area contributed by atoms with E-state index in [4.69, 9.17) is 4.74 Å². The molecule has 0 spiro atoms. The van der Waals surface area contributed by atoms with Crippen LogP contribution in [0.25, 0.3) is 0 Å². The largest absolute Gasteiger partial charge is 0.469 e. The first kappa shape index (κ1) is 34.3. The van der Waals surface area contributed by atoms with Crippen molar-refractivity contribution in [3.8, 4) is 6.07 Å². The van der Waals surface area contributed by atoms with E-state index in [0.717, 1.165) is 101 Å². The first-order chi connectivity index (χ1) is 23.7. The molecule has 0 N–H and O–H groups in total. The Bertz CT molecular complexity index is 1520. The predicted octanol–water partition coefficient (Wildman–Crippen LogP) is 5.92. The number of rotatable bonds is 12. The second-order valence-electron chi connectivity index (χ2n) is 15.6. The Kier molecular flexibility index (Phi) is 9.98. The number of halogens is 3. The lowest BCUT2D eigenvalue weighted by Crippen LogP contribution is -2.58. The summed E-state index contributed by atoms with van der Waals surface area (Å²) in [6.45, 7) is 7.88. The average Bonchev–Trinajstić information content (AvgIpc) is 3.50. The van der Waals surface area contributed by atoms with Gasteiger partial charge in [-0.1, -0.05) is 18.6 Å². The highest BCUT2D eigenvalue weighted by Crippen LogP contribution is 2.54. The van der Waals surface area contributed by atoms with E-state index in [1.807, 2.05) is 24.3 Å². The third-order valence-electron chi connectivity index (χ3n) is 12.4. The number of esters is 1. The Hall–Kier alpha value is -3.13. The molecule has 264 valence electrons. The molecule has 2 aromatic carbocycles. The molecule has 4 aliphatic heterocycles. The van der Waals surface area contributed by atoms with Crippen LogP contribution in [0, 0.1) is 40.8 Å². The molecule has 49 heavy (non-hydrogen) atoms. The molecule has 0 amide bonds. The van der Waals surface area contributed by atoms with E-state index in [1.54, 1.807) is 17.0 Å². The van der Waals surface area contributed by atoms with Crippen LogP contribution in [0.5, 0.6) is 0 Å². The van der Waals surface area contributed by atoms with Crippen LogP contribution < -0.4 is 4.90 Å². The van der Waals surface area contributed by atoms with E-state index in [1.165, 1.54) is 13.5 Å². The topological polar surface area (TPSA) is 63.1 Å². The molecule has 0 bridgehead atoms. The number of methoxy groups -OCH3 is 1. The third-order valence-corrected chi connectivity index (χ3v) is 12.4. The number of alkyl halides is 2. The number of ether oxygens (including phenoxy) is 1. The maximum absolute atomic E-state index is 15.0. The SMILES string of the molecule is COC(=O)C[C@H]1CCC[C@@H]1[C@](CN1CCC1)(c1cccc(F)c1)C1CCN(CC2CN(c3ccc(C#N)c(CN4CC(F)(F)C4)c3)C2)CC1. The van der Waals surface area contributed by atoms with Gasteiger partial charge in [-0.2, -0.15) is 5.26 Å². The Labute approximate surface area is 289 Å². The van der Waals surface area contributed by atoms with Gasteiger partial charge in [-0.15, -0.1) is 0 Å². The fourth-order valence-corrected chi connectivity index (χ4v) is 9.90. The summed E-state index contributed by atoms with van der Waals surface area (Å²) in [4.78, 5) is 21.8. The Morgan fingerprint density at radius 1 is 0.980 bits per heavy atom. The van der Waals surface area contributed by atoms with Gasteiger partial charge in [0, 0.05) is 56.2 Å². The summed E-state index contributed by atoms with van der Waals surface area (Å²) < 4.78 is 46.9. The standard InChI is InChI=1S/C39H50F3N5O2/c1-49-37(48)18-29-5-2-8-36(29)39(27-45-13-4-14-45,33-6-3-7-34(40)19-33)32-11-15-44(16-12-32)21-28-22-47(23-28)35-10-9-30(20-43)31(17-35)24-46-25-38(41,42)26-46/h3,6-7,9-10,17,19,28-29,32,36H,2,4-5,8,11-16,18,21-27H2,1H3/t29-,36+,39+/m1/s1. The number of piperidine rings is 1. The zero-order valence-electron chi connectivity index (χ0n) is 28.8. The maximum Gasteiger partial charge on any atom is 0.305 e. The number of likely N-dealkylation sites (tertiary alicyclic amines) is 3. The van der Waals surface area contributed by atoms with Crippen LogP contribution in [-0.4, -0.2) is 99.1 Å². The number of nitrogens with zero attached hydrogens (tertiary/aromatic N) is 5. The zero-order chi connectivity index (χ0) is 34.2. The number of hydrogen-bond donors (Lipinski definition) is 0. The molecule has 4 saturated heterocycles. The summed E-state index contributed by atoms with van der Waals surface area (Å²) in [7, 11) is 1.48. The fraction of sp³-hybridized carbons (Fsp3) is 0.641. The number of hydrogen-bond acceptors (Lipinski definition) is 7. The van der Waals surface area contributed by atoms with Crippen molar-refractivity contribution in [3.05, 3.63) is 65.0 Å². The van der Waals surface area contributed by atoms with E-state index in [-0.39, 0.29) is 36.2 Å². The average molecular weight is 678 g/mol. The van der Waals surface area contributed by atoms with Crippen molar-refractivity contribution >= 4 is 11.7 Å². The van der Waals surface area contributed by atoms with Crippen LogP contribution in [0.4, 0.5) is 18.9 Å². The maximum atomic E-state index is 15.0. The molecule has 5 fully saturated rings. The smallest absolute Gasteiger partial charge is 0.305 e. The lowest BCUT2D eigenvalue weighted by molar-refractivity contribution is -0.142. The summed E-state index contributed by atoms with van der Waals surface area (Å²) in [6.07, 6.45) is 6.91. The second kappa shape index (κ2) is 14.2. The van der Waals surface area contributed by atoms with E-state index in [9.17, 15) is 23.2 Å². The van der Waals surface area contributed by atoms with Gasteiger partial charge < -0.3 is 19.4 Å². The molecular formula is C39H50F3N5O2. The minimum Gasteiger partial charge on any atom is -0.469 e. The van der Waals surface area contributed by atoms with Crippen LogP contribution in [-0.2, 0) is 21.5 Å². The number of nitriles is 1. The van der Waals surface area contributed by atoms with Gasteiger partial charge in [-0.25, -0.2) is 13.2 Å². The van der Waals surface area contributed by atoms with Crippen LogP contribution in [0.3, 0.4) is 0 Å². The van der Waals surface area contributed by atoms with Crippen molar-refractivity contribution in [1.29, 1.82) is 5.26 Å². The summed E-state index contributed by atoms with van der Waals surface area (Å²) in [5, 5.41) is 9.60. The predicted molar refractivity (Wildman–Crippen MR) is 183 cm³/mol. The van der Waals surface area contributed by atoms with Crippen LogP contribution in [0.15, 0.2) is 42.5 Å². The lowest BCUT2D eigenvalue weighted by atomic mass is 9.56. The summed E-state index contributed by atoms with van der Waals surface area (Å²) in [5.41, 5.74) is 3.32. The molecule has 7 nitrogen and oxygen atoms in total. The number of carbonyl (C=O) groups excluding carboxylic acids is 1. The molecular weight excluding hydrogens is 627 g/mol. The monoisotopic (exact) mass is 677 g/mol. The highest BCUT2D eigenvalue weighted by molar-refractivity contribution is 5.69. The number of benzene rings is 2. The molecule has 3 atom stereocenters. The first-order valence-corrected chi connectivity index (χ1v) is 18.3. The van der Waals surface area contributed by atoms with E-state index >= 15 is 0 Å². The zero-order valence-corrected chi connectivity index (χ0v) is 28.8. The first-order valence-electron chi connectivity index (χ1n) is 18.3. The van der Waals surface area contributed by atoms with Crippen molar-refractivity contribution in [2.45, 2.75) is 62.8 Å². The summed E-state index contributed by atoms with van der Waals surface area (Å²) in [5.74, 6) is -1.46. The lowest BCUT2D eigenvalue weighted by Gasteiger charge is -2.54. The number of anilines is 1. The fourth-order valence-electron chi connectivity index (χ4n) is 9.90. The second-order valence-corrected chi connectivity index (χ2v) is 15.6. The van der Waals surface area contributed by atoms with E-state index in [2.05, 4.69) is 26.8 Å². The van der Waals surface area contributed by atoms with Gasteiger partial charge in [-0.3, -0.25) is 9.69 Å². The van der Waals surface area contributed by atoms with Gasteiger partial charge in [0.25, 0.3) is 5.92 Å². The van der Waals surface area contributed by atoms with Crippen molar-refractivity contribution in [2.24, 2.45) is 23.7 Å². The Balaban J connectivity index is 1.02. The van der Waals surface area contributed by atoms with Gasteiger partial charge in [0.05, 0.1) is 31.8 Å². The Morgan fingerprint density at radius 3 is 2.41 bits per heavy atom. The molecule has 0 aromatic heterocycles. The van der Waals surface area contributed by atoms with Gasteiger partial charge in [0.15, 0.2) is 0 Å². The highest BCUT2D eigenvalue weighted by Gasteiger charge is 2.53. The van der Waals surface area contributed by atoms with Crippen LogP contribution in [0.1, 0.15) is 61.6 Å². The molecule has 0 radical (unpaired) electrons. The normalized spacial score (nSPS) is 26.3. The van der Waals surface area contributed by atoms with Gasteiger partial charge in [0.1, 0.15) is 5.82 Å². The quantitative estimate of drug-likeness (QED) is 0.259. The highest BCUT2D eigenvalue weighted by atomic mass is 19.3. The molecule has 5 aliphatic rings. The molecule has 0 unspecified atom stereocenters. The Morgan fingerprint density at radius 2 is 1.76 bits per heavy atom. The molecule has 7 rings (SSSR count). The molecule has 4 heterocycles.